The summed E-state index contributed by atoms with van der Waals surface area (Å²) in [4.78, 5) is 2.39. The average molecular weight is 562 g/mol. The van der Waals surface area contributed by atoms with Gasteiger partial charge in [-0.1, -0.05) is 113 Å². The highest BCUT2D eigenvalue weighted by Gasteiger charge is 2.49. The van der Waals surface area contributed by atoms with Gasteiger partial charge < -0.3 is 9.55 Å². The predicted molar refractivity (Wildman–Crippen MR) is 183 cm³/mol. The molecule has 1 aliphatic carbocycles. The fourth-order valence-electron chi connectivity index (χ4n) is 7.00. The van der Waals surface area contributed by atoms with E-state index < -0.39 is 0 Å². The van der Waals surface area contributed by atoms with Gasteiger partial charge in [-0.15, -0.1) is 0 Å². The van der Waals surface area contributed by atoms with Crippen LogP contribution < -0.4 is 10.4 Å². The van der Waals surface area contributed by atoms with Crippen LogP contribution in [0.4, 0.5) is 17.1 Å². The van der Waals surface area contributed by atoms with Crippen molar-refractivity contribution in [1.82, 2.24) is 0 Å². The SMILES string of the molecule is CC1(C)c2ccccc2-c2ccc(N(c3ccc(B4CC(C)(C)C(C)(C)O4)cc3)c3ccc(-c4ccccc4)cc3)cc21. The molecular formula is C40H40BNO. The van der Waals surface area contributed by atoms with Crippen LogP contribution in [0.1, 0.15) is 52.7 Å². The monoisotopic (exact) mass is 561 g/mol. The van der Waals surface area contributed by atoms with E-state index in [0.29, 0.717) is 0 Å². The molecule has 7 rings (SSSR count). The molecule has 0 amide bonds. The van der Waals surface area contributed by atoms with E-state index in [-0.39, 0.29) is 23.3 Å². The Balaban J connectivity index is 1.30. The lowest BCUT2D eigenvalue weighted by molar-refractivity contribution is 0.0375. The van der Waals surface area contributed by atoms with Gasteiger partial charge in [0.05, 0.1) is 5.60 Å². The fourth-order valence-corrected chi connectivity index (χ4v) is 7.00. The van der Waals surface area contributed by atoms with E-state index in [0.717, 1.165) is 17.7 Å². The van der Waals surface area contributed by atoms with Crippen molar-refractivity contribution >= 4 is 29.4 Å². The summed E-state index contributed by atoms with van der Waals surface area (Å²) < 4.78 is 6.57. The maximum atomic E-state index is 6.57. The normalized spacial score (nSPS) is 17.4. The van der Waals surface area contributed by atoms with Crippen molar-refractivity contribution < 1.29 is 4.65 Å². The van der Waals surface area contributed by atoms with Gasteiger partial charge >= 0.3 is 6.92 Å². The maximum Gasteiger partial charge on any atom is 0.327 e. The van der Waals surface area contributed by atoms with Crippen molar-refractivity contribution in [3.8, 4) is 22.3 Å². The van der Waals surface area contributed by atoms with Gasteiger partial charge in [0.25, 0.3) is 0 Å². The van der Waals surface area contributed by atoms with Gasteiger partial charge in [0.2, 0.25) is 0 Å². The predicted octanol–water partition coefficient (Wildman–Crippen LogP) is 10.2. The number of anilines is 3. The van der Waals surface area contributed by atoms with E-state index >= 15 is 0 Å². The summed E-state index contributed by atoms with van der Waals surface area (Å²) in [6, 6.07) is 44.4. The quantitative estimate of drug-likeness (QED) is 0.198. The molecule has 0 radical (unpaired) electrons. The van der Waals surface area contributed by atoms with E-state index in [1.807, 2.05) is 0 Å². The van der Waals surface area contributed by atoms with Gasteiger partial charge in [0, 0.05) is 22.5 Å². The van der Waals surface area contributed by atoms with E-state index in [1.165, 1.54) is 44.5 Å². The maximum absolute atomic E-state index is 6.57. The minimum atomic E-state index is -0.155. The van der Waals surface area contributed by atoms with Crippen molar-refractivity contribution in [1.29, 1.82) is 0 Å². The first-order chi connectivity index (χ1) is 20.5. The van der Waals surface area contributed by atoms with Crippen LogP contribution in [0.25, 0.3) is 22.3 Å². The van der Waals surface area contributed by atoms with Crippen molar-refractivity contribution in [3.63, 3.8) is 0 Å². The van der Waals surface area contributed by atoms with Crippen LogP contribution in [-0.4, -0.2) is 12.5 Å². The minimum Gasteiger partial charge on any atom is -0.426 e. The van der Waals surface area contributed by atoms with E-state index in [1.54, 1.807) is 0 Å². The Hall–Kier alpha value is -4.08. The minimum absolute atomic E-state index is 0.0615. The highest BCUT2D eigenvalue weighted by atomic mass is 16.5. The Labute approximate surface area is 257 Å². The summed E-state index contributed by atoms with van der Waals surface area (Å²) in [5.41, 5.74) is 12.5. The van der Waals surface area contributed by atoms with Gasteiger partial charge in [-0.25, -0.2) is 0 Å². The molecule has 0 saturated carbocycles. The second-order valence-electron chi connectivity index (χ2n) is 13.9. The highest BCUT2D eigenvalue weighted by molar-refractivity contribution is 6.68. The van der Waals surface area contributed by atoms with Crippen LogP contribution >= 0.6 is 0 Å². The van der Waals surface area contributed by atoms with Crippen LogP contribution in [0.5, 0.6) is 0 Å². The molecule has 43 heavy (non-hydrogen) atoms. The zero-order valence-electron chi connectivity index (χ0n) is 26.2. The van der Waals surface area contributed by atoms with Crippen LogP contribution in [0.15, 0.2) is 121 Å². The second kappa shape index (κ2) is 10.00. The lowest BCUT2D eigenvalue weighted by atomic mass is 9.54. The van der Waals surface area contributed by atoms with Gasteiger partial charge in [-0.05, 0) is 101 Å². The van der Waals surface area contributed by atoms with E-state index in [4.69, 9.17) is 4.65 Å². The molecule has 0 unspecified atom stereocenters. The molecule has 1 fully saturated rings. The number of rotatable bonds is 5. The van der Waals surface area contributed by atoms with E-state index in [9.17, 15) is 0 Å². The van der Waals surface area contributed by atoms with Gasteiger partial charge in [0.15, 0.2) is 0 Å². The third kappa shape index (κ3) is 4.62. The smallest absolute Gasteiger partial charge is 0.327 e. The topological polar surface area (TPSA) is 12.5 Å². The largest absolute Gasteiger partial charge is 0.426 e. The lowest BCUT2D eigenvalue weighted by Crippen LogP contribution is -2.36. The van der Waals surface area contributed by atoms with Crippen LogP contribution in [0.2, 0.25) is 6.32 Å². The third-order valence-electron chi connectivity index (χ3n) is 10.3. The van der Waals surface area contributed by atoms with Crippen molar-refractivity contribution in [3.05, 3.63) is 132 Å². The zero-order valence-corrected chi connectivity index (χ0v) is 26.2. The Kier molecular flexibility index (Phi) is 6.45. The average Bonchev–Trinajstić information content (AvgIpc) is 3.38. The third-order valence-corrected chi connectivity index (χ3v) is 10.3. The summed E-state index contributed by atoms with van der Waals surface area (Å²) in [5, 5.41) is 0. The molecule has 2 aliphatic rings. The van der Waals surface area contributed by atoms with Crippen molar-refractivity contribution in [2.24, 2.45) is 5.41 Å². The molecule has 2 nitrogen and oxygen atoms in total. The number of hydrogen-bond acceptors (Lipinski definition) is 2. The summed E-state index contributed by atoms with van der Waals surface area (Å²) in [6.07, 6.45) is 1.02. The zero-order chi connectivity index (χ0) is 30.0. The first-order valence-corrected chi connectivity index (χ1v) is 15.5. The molecule has 214 valence electrons. The van der Waals surface area contributed by atoms with Crippen LogP contribution in [0, 0.1) is 5.41 Å². The lowest BCUT2D eigenvalue weighted by Gasteiger charge is -2.34. The number of hydrogen-bond donors (Lipinski definition) is 0. The van der Waals surface area contributed by atoms with Gasteiger partial charge in [0.1, 0.15) is 0 Å². The van der Waals surface area contributed by atoms with Crippen LogP contribution in [-0.2, 0) is 10.1 Å². The number of fused-ring (bicyclic) bond motifs is 3. The summed E-state index contributed by atoms with van der Waals surface area (Å²) in [5.74, 6) is 0. The molecule has 1 heterocycles. The molecule has 0 N–H and O–H groups in total. The highest BCUT2D eigenvalue weighted by Crippen LogP contribution is 2.50. The number of nitrogens with zero attached hydrogens (tertiary/aromatic N) is 1. The molecule has 1 saturated heterocycles. The summed E-state index contributed by atoms with van der Waals surface area (Å²) >= 11 is 0. The Morgan fingerprint density at radius 3 is 1.77 bits per heavy atom. The van der Waals surface area contributed by atoms with Crippen LogP contribution in [0.3, 0.4) is 0 Å². The summed E-state index contributed by atoms with van der Waals surface area (Å²) in [7, 11) is 0. The molecule has 0 bridgehead atoms. The Bertz CT molecular complexity index is 1770. The molecule has 1 aliphatic heterocycles. The Morgan fingerprint density at radius 1 is 0.558 bits per heavy atom. The fraction of sp³-hybridized carbons (Fsp3) is 0.250. The first kappa shape index (κ1) is 27.7. The van der Waals surface area contributed by atoms with Gasteiger partial charge in [-0.2, -0.15) is 0 Å². The summed E-state index contributed by atoms with van der Waals surface area (Å²) in [6.45, 7) is 13.9. The molecule has 0 atom stereocenters. The second-order valence-corrected chi connectivity index (χ2v) is 13.9. The Morgan fingerprint density at radius 2 is 1.12 bits per heavy atom. The molecule has 5 aromatic carbocycles. The van der Waals surface area contributed by atoms with Gasteiger partial charge in [-0.3, -0.25) is 0 Å². The molecule has 3 heteroatoms. The molecule has 0 aromatic heterocycles. The van der Waals surface area contributed by atoms with E-state index in [2.05, 4.69) is 168 Å². The molecule has 5 aromatic rings. The number of benzene rings is 5. The van der Waals surface area contributed by atoms with Crippen molar-refractivity contribution in [2.45, 2.75) is 58.9 Å². The first-order valence-electron chi connectivity index (χ1n) is 15.5. The molecule has 0 spiro atoms. The van der Waals surface area contributed by atoms with Crippen molar-refractivity contribution in [2.75, 3.05) is 4.90 Å². The standard InChI is InChI=1S/C40H40BNO/c1-38(2)27-41(43-40(38,5)6)30-18-22-32(23-19-30)42(31-20-16-29(17-21-31)28-12-8-7-9-13-28)33-24-25-35-34-14-10-11-15-36(34)39(3,4)37(35)26-33/h7-26H,27H2,1-6H3. The molecular weight excluding hydrogens is 521 g/mol.